The number of nitrogens with one attached hydrogen (secondary N) is 2. The van der Waals surface area contributed by atoms with Crippen molar-refractivity contribution in [2.45, 2.75) is 38.3 Å². The molecule has 3 rings (SSSR count). The van der Waals surface area contributed by atoms with Crippen LogP contribution in [0.15, 0.2) is 30.5 Å². The number of aromatic nitrogens is 3. The summed E-state index contributed by atoms with van der Waals surface area (Å²) in [7, 11) is 0. The number of amides is 1. The third-order valence-electron chi connectivity index (χ3n) is 4.26. The Morgan fingerprint density at radius 2 is 2.08 bits per heavy atom. The van der Waals surface area contributed by atoms with Gasteiger partial charge in [0, 0.05) is 6.04 Å². The fraction of sp³-hybridized carbons (Fsp3) is 0.471. The summed E-state index contributed by atoms with van der Waals surface area (Å²) in [5.74, 6) is -0.491. The Morgan fingerprint density at radius 3 is 2.79 bits per heavy atom. The van der Waals surface area contributed by atoms with Crippen molar-refractivity contribution in [2.24, 2.45) is 0 Å². The topological polar surface area (TPSA) is 71.8 Å². The van der Waals surface area contributed by atoms with E-state index in [0.29, 0.717) is 18.2 Å². The van der Waals surface area contributed by atoms with E-state index >= 15 is 0 Å². The number of hydrogen-bond acceptors (Lipinski definition) is 4. The van der Waals surface area contributed by atoms with Gasteiger partial charge in [-0.2, -0.15) is 0 Å². The molecule has 0 unspecified atom stereocenters. The summed E-state index contributed by atoms with van der Waals surface area (Å²) in [4.78, 5) is 12.3. The molecule has 0 spiro atoms. The van der Waals surface area contributed by atoms with Crippen LogP contribution in [0.4, 0.5) is 4.39 Å². The number of piperidine rings is 1. The lowest BCUT2D eigenvalue weighted by Crippen LogP contribution is -2.34. The molecule has 0 bridgehead atoms. The summed E-state index contributed by atoms with van der Waals surface area (Å²) in [6.07, 6.45) is 4.33. The second kappa shape index (κ2) is 7.53. The van der Waals surface area contributed by atoms with Crippen molar-refractivity contribution < 1.29 is 9.18 Å². The van der Waals surface area contributed by atoms with Crippen molar-refractivity contribution in [2.75, 3.05) is 13.1 Å². The molecule has 1 aromatic heterocycles. The predicted molar refractivity (Wildman–Crippen MR) is 88.2 cm³/mol. The van der Waals surface area contributed by atoms with Crippen molar-refractivity contribution in [3.63, 3.8) is 0 Å². The highest BCUT2D eigenvalue weighted by atomic mass is 19.1. The van der Waals surface area contributed by atoms with Crippen LogP contribution < -0.4 is 10.6 Å². The second-order valence-corrected chi connectivity index (χ2v) is 6.27. The Hall–Kier alpha value is -2.28. The Balaban J connectivity index is 1.56. The summed E-state index contributed by atoms with van der Waals surface area (Å²) >= 11 is 0. The van der Waals surface area contributed by atoms with Gasteiger partial charge in [0.15, 0.2) is 5.69 Å². The van der Waals surface area contributed by atoms with E-state index in [4.69, 9.17) is 0 Å². The highest BCUT2D eigenvalue weighted by Gasteiger charge is 2.19. The first-order valence-corrected chi connectivity index (χ1v) is 8.29. The number of rotatable bonds is 5. The van der Waals surface area contributed by atoms with Crippen molar-refractivity contribution in [3.05, 3.63) is 47.5 Å². The van der Waals surface area contributed by atoms with Gasteiger partial charge in [0.2, 0.25) is 0 Å². The fourth-order valence-electron chi connectivity index (χ4n) is 2.95. The van der Waals surface area contributed by atoms with Crippen LogP contribution >= 0.6 is 0 Å². The van der Waals surface area contributed by atoms with E-state index in [2.05, 4.69) is 20.9 Å². The lowest BCUT2D eigenvalue weighted by molar-refractivity contribution is 0.0935. The van der Waals surface area contributed by atoms with Crippen molar-refractivity contribution in [1.82, 2.24) is 25.6 Å². The Morgan fingerprint density at radius 1 is 1.38 bits per heavy atom. The lowest BCUT2D eigenvalue weighted by Gasteiger charge is -2.22. The average Bonchev–Trinajstić information content (AvgIpc) is 3.08. The lowest BCUT2D eigenvalue weighted by atomic mass is 10.1. The molecule has 1 amide bonds. The molecule has 1 fully saturated rings. The molecule has 1 aromatic carbocycles. The summed E-state index contributed by atoms with van der Waals surface area (Å²) in [5.41, 5.74) is 1.31. The van der Waals surface area contributed by atoms with Gasteiger partial charge in [0.25, 0.3) is 5.91 Å². The van der Waals surface area contributed by atoms with Gasteiger partial charge < -0.3 is 10.6 Å². The minimum atomic E-state index is -0.259. The largest absolute Gasteiger partial charge is 0.348 e. The van der Waals surface area contributed by atoms with Crippen LogP contribution in [0.3, 0.4) is 0 Å². The molecule has 0 aliphatic carbocycles. The van der Waals surface area contributed by atoms with Gasteiger partial charge in [-0.05, 0) is 57.0 Å². The van der Waals surface area contributed by atoms with E-state index in [1.54, 1.807) is 23.0 Å². The number of benzene rings is 1. The molecule has 2 N–H and O–H groups in total. The number of nitrogens with zero attached hydrogens (tertiary/aromatic N) is 3. The molecular weight excluding hydrogens is 309 g/mol. The Bertz CT molecular complexity index is 679. The third-order valence-corrected chi connectivity index (χ3v) is 4.26. The zero-order chi connectivity index (χ0) is 16.9. The van der Waals surface area contributed by atoms with Crippen molar-refractivity contribution >= 4 is 5.91 Å². The van der Waals surface area contributed by atoms with Gasteiger partial charge in [-0.15, -0.1) is 5.10 Å². The summed E-state index contributed by atoms with van der Waals surface area (Å²) < 4.78 is 14.7. The average molecular weight is 331 g/mol. The first kappa shape index (κ1) is 16.6. The minimum absolute atomic E-state index is 0.0769. The van der Waals surface area contributed by atoms with Crippen molar-refractivity contribution in [3.8, 4) is 0 Å². The molecule has 0 radical (unpaired) electrons. The molecule has 128 valence electrons. The molecule has 6 nitrogen and oxygen atoms in total. The van der Waals surface area contributed by atoms with E-state index in [1.807, 2.05) is 6.92 Å². The molecule has 1 aliphatic rings. The van der Waals surface area contributed by atoms with Crippen molar-refractivity contribution in [1.29, 1.82) is 0 Å². The first-order chi connectivity index (χ1) is 11.6. The molecule has 7 heteroatoms. The van der Waals surface area contributed by atoms with Gasteiger partial charge in [-0.1, -0.05) is 17.3 Å². The first-order valence-electron chi connectivity index (χ1n) is 8.29. The summed E-state index contributed by atoms with van der Waals surface area (Å²) in [6.45, 7) is 3.83. The van der Waals surface area contributed by atoms with E-state index in [0.717, 1.165) is 31.5 Å². The third kappa shape index (κ3) is 4.17. The summed E-state index contributed by atoms with van der Waals surface area (Å²) in [5, 5.41) is 14.3. The van der Waals surface area contributed by atoms with E-state index in [9.17, 15) is 9.18 Å². The molecule has 1 aliphatic heterocycles. The van der Waals surface area contributed by atoms with Gasteiger partial charge in [-0.3, -0.25) is 4.79 Å². The molecule has 1 atom stereocenters. The van der Waals surface area contributed by atoms with Crippen LogP contribution in [0.2, 0.25) is 0 Å². The van der Waals surface area contributed by atoms with Gasteiger partial charge in [0.05, 0.1) is 12.2 Å². The Kier molecular flexibility index (Phi) is 5.20. The standard InChI is InChI=1S/C17H22FN5O/c1-12(10-13-2-4-14(18)5-3-13)20-17(24)16-11-23(22-21-16)15-6-8-19-9-7-15/h2-5,11-12,15,19H,6-10H2,1H3,(H,20,24)/t12-/m0/s1. The maximum absolute atomic E-state index is 12.9. The van der Waals surface area contributed by atoms with Gasteiger partial charge in [-0.25, -0.2) is 9.07 Å². The number of hydrogen-bond donors (Lipinski definition) is 2. The van der Waals surface area contributed by atoms with Crippen LogP contribution in [0.1, 0.15) is 41.9 Å². The molecule has 2 heterocycles. The van der Waals surface area contributed by atoms with Crippen LogP contribution in [-0.2, 0) is 6.42 Å². The van der Waals surface area contributed by atoms with E-state index < -0.39 is 0 Å². The van der Waals surface area contributed by atoms with Crippen LogP contribution in [0.25, 0.3) is 0 Å². The maximum Gasteiger partial charge on any atom is 0.273 e. The fourth-order valence-corrected chi connectivity index (χ4v) is 2.95. The van der Waals surface area contributed by atoms with E-state index in [-0.39, 0.29) is 17.8 Å². The Labute approximate surface area is 140 Å². The molecular formula is C17H22FN5O. The predicted octanol–water partition coefficient (Wildman–Crippen LogP) is 1.70. The molecule has 24 heavy (non-hydrogen) atoms. The zero-order valence-corrected chi connectivity index (χ0v) is 13.7. The SMILES string of the molecule is C[C@@H](Cc1ccc(F)cc1)NC(=O)c1cn(C2CCNCC2)nn1. The van der Waals surface area contributed by atoms with E-state index in [1.165, 1.54) is 12.1 Å². The number of carbonyl (C=O) groups excluding carboxylic acids is 1. The monoisotopic (exact) mass is 331 g/mol. The highest BCUT2D eigenvalue weighted by molar-refractivity contribution is 5.92. The van der Waals surface area contributed by atoms with Crippen LogP contribution in [0, 0.1) is 5.82 Å². The molecule has 0 saturated carbocycles. The maximum atomic E-state index is 12.9. The number of carbonyl (C=O) groups is 1. The van der Waals surface area contributed by atoms with Crippen LogP contribution in [0.5, 0.6) is 0 Å². The summed E-state index contributed by atoms with van der Waals surface area (Å²) in [6, 6.07) is 6.53. The normalized spacial score (nSPS) is 16.8. The van der Waals surface area contributed by atoms with Gasteiger partial charge in [0.1, 0.15) is 5.82 Å². The van der Waals surface area contributed by atoms with Crippen LogP contribution in [-0.4, -0.2) is 40.0 Å². The minimum Gasteiger partial charge on any atom is -0.348 e. The highest BCUT2D eigenvalue weighted by Crippen LogP contribution is 2.17. The van der Waals surface area contributed by atoms with Gasteiger partial charge >= 0.3 is 0 Å². The zero-order valence-electron chi connectivity index (χ0n) is 13.7. The number of halogens is 1. The molecule has 1 saturated heterocycles. The molecule has 2 aromatic rings. The quantitative estimate of drug-likeness (QED) is 0.875. The smallest absolute Gasteiger partial charge is 0.273 e. The second-order valence-electron chi connectivity index (χ2n) is 6.27.